The van der Waals surface area contributed by atoms with E-state index < -0.39 is 0 Å². The van der Waals surface area contributed by atoms with Crippen molar-refractivity contribution < 1.29 is 5.11 Å². The highest BCUT2D eigenvalue weighted by atomic mass is 16.3. The molecule has 42 valence electrons. The third kappa shape index (κ3) is 1.16. The minimum Gasteiger partial charge on any atom is -0.396 e. The summed E-state index contributed by atoms with van der Waals surface area (Å²) in [7, 11) is 0. The monoisotopic (exact) mass is 100 g/mol. The van der Waals surface area contributed by atoms with Gasteiger partial charge in [0, 0.05) is 6.61 Å². The molecule has 0 aromatic heterocycles. The highest BCUT2D eigenvalue weighted by Gasteiger charge is 2.31. The van der Waals surface area contributed by atoms with Gasteiger partial charge in [0.2, 0.25) is 0 Å². The Balaban J connectivity index is 1.98. The average molecular weight is 100 g/mol. The molecule has 2 atom stereocenters. The molecule has 0 amide bonds. The summed E-state index contributed by atoms with van der Waals surface area (Å²) < 4.78 is 0. The van der Waals surface area contributed by atoms with Crippen LogP contribution in [0.3, 0.4) is 0 Å². The van der Waals surface area contributed by atoms with Crippen molar-refractivity contribution in [2.24, 2.45) is 11.8 Å². The predicted molar refractivity (Wildman–Crippen MR) is 29.0 cm³/mol. The Morgan fingerprint density at radius 2 is 2.29 bits per heavy atom. The van der Waals surface area contributed by atoms with Gasteiger partial charge in [0.1, 0.15) is 0 Å². The molecule has 0 radical (unpaired) electrons. The van der Waals surface area contributed by atoms with E-state index in [0.717, 1.165) is 18.3 Å². The van der Waals surface area contributed by atoms with Gasteiger partial charge in [-0.15, -0.1) is 0 Å². The van der Waals surface area contributed by atoms with E-state index in [1.165, 1.54) is 6.42 Å². The summed E-state index contributed by atoms with van der Waals surface area (Å²) in [5.41, 5.74) is 0. The molecule has 0 aliphatic heterocycles. The van der Waals surface area contributed by atoms with Crippen LogP contribution in [0.25, 0.3) is 0 Å². The lowest BCUT2D eigenvalue weighted by Gasteiger charge is -1.86. The third-order valence-electron chi connectivity index (χ3n) is 1.78. The fraction of sp³-hybridized carbons (Fsp3) is 1.00. The first-order chi connectivity index (χ1) is 3.34. The Morgan fingerprint density at radius 3 is 2.43 bits per heavy atom. The molecule has 1 rings (SSSR count). The van der Waals surface area contributed by atoms with Gasteiger partial charge < -0.3 is 5.11 Å². The van der Waals surface area contributed by atoms with Crippen molar-refractivity contribution in [3.05, 3.63) is 0 Å². The standard InChI is InChI=1S/C6H12O/c1-5-4-6(5)2-3-7/h5-7H,2-4H2,1H3. The fourth-order valence-corrected chi connectivity index (χ4v) is 0.967. The van der Waals surface area contributed by atoms with Crippen LogP contribution in [0.1, 0.15) is 19.8 Å². The number of rotatable bonds is 2. The average Bonchev–Trinajstić information content (AvgIpc) is 2.22. The van der Waals surface area contributed by atoms with Crippen LogP contribution in [0.5, 0.6) is 0 Å². The van der Waals surface area contributed by atoms with E-state index in [0.29, 0.717) is 6.61 Å². The van der Waals surface area contributed by atoms with Crippen molar-refractivity contribution in [1.82, 2.24) is 0 Å². The lowest BCUT2D eigenvalue weighted by Crippen LogP contribution is -1.84. The van der Waals surface area contributed by atoms with E-state index in [9.17, 15) is 0 Å². The second-order valence-electron chi connectivity index (χ2n) is 2.49. The van der Waals surface area contributed by atoms with Crippen molar-refractivity contribution in [2.45, 2.75) is 19.8 Å². The number of aliphatic hydroxyl groups excluding tert-OH is 1. The van der Waals surface area contributed by atoms with Crippen molar-refractivity contribution in [3.8, 4) is 0 Å². The Hall–Kier alpha value is -0.0400. The van der Waals surface area contributed by atoms with E-state index in [1.807, 2.05) is 0 Å². The molecule has 1 aliphatic rings. The van der Waals surface area contributed by atoms with Crippen molar-refractivity contribution in [2.75, 3.05) is 6.61 Å². The van der Waals surface area contributed by atoms with Crippen LogP contribution in [0.15, 0.2) is 0 Å². The molecule has 0 spiro atoms. The fourth-order valence-electron chi connectivity index (χ4n) is 0.967. The Bertz CT molecular complexity index is 61.2. The van der Waals surface area contributed by atoms with Gasteiger partial charge in [-0.1, -0.05) is 6.92 Å². The SMILES string of the molecule is CC1CC1CCO. The summed E-state index contributed by atoms with van der Waals surface area (Å²) in [6.45, 7) is 2.62. The maximum atomic E-state index is 8.39. The summed E-state index contributed by atoms with van der Waals surface area (Å²) >= 11 is 0. The molecule has 0 aromatic rings. The molecular formula is C6H12O. The smallest absolute Gasteiger partial charge is 0.0433 e. The molecule has 1 saturated carbocycles. The second-order valence-corrected chi connectivity index (χ2v) is 2.49. The molecule has 7 heavy (non-hydrogen) atoms. The summed E-state index contributed by atoms with van der Waals surface area (Å²) in [5, 5.41) is 8.39. The molecule has 0 bridgehead atoms. The summed E-state index contributed by atoms with van der Waals surface area (Å²) in [6.07, 6.45) is 2.38. The van der Waals surface area contributed by atoms with E-state index >= 15 is 0 Å². The van der Waals surface area contributed by atoms with E-state index in [4.69, 9.17) is 5.11 Å². The van der Waals surface area contributed by atoms with Crippen LogP contribution < -0.4 is 0 Å². The van der Waals surface area contributed by atoms with Crippen LogP contribution in [0.4, 0.5) is 0 Å². The van der Waals surface area contributed by atoms with E-state index in [1.54, 1.807) is 0 Å². The Kier molecular flexibility index (Phi) is 1.33. The van der Waals surface area contributed by atoms with E-state index in [2.05, 4.69) is 6.92 Å². The first kappa shape index (κ1) is 5.10. The Morgan fingerprint density at radius 1 is 1.71 bits per heavy atom. The zero-order valence-corrected chi connectivity index (χ0v) is 4.72. The van der Waals surface area contributed by atoms with Gasteiger partial charge in [0.05, 0.1) is 0 Å². The summed E-state index contributed by atoms with van der Waals surface area (Å²) in [4.78, 5) is 0. The van der Waals surface area contributed by atoms with Gasteiger partial charge in [-0.3, -0.25) is 0 Å². The normalized spacial score (nSPS) is 38.6. The van der Waals surface area contributed by atoms with Gasteiger partial charge in [0.15, 0.2) is 0 Å². The first-order valence-corrected chi connectivity index (χ1v) is 2.95. The van der Waals surface area contributed by atoms with Gasteiger partial charge in [-0.05, 0) is 24.7 Å². The Labute approximate surface area is 44.4 Å². The van der Waals surface area contributed by atoms with Crippen molar-refractivity contribution in [3.63, 3.8) is 0 Å². The molecule has 0 aromatic carbocycles. The maximum absolute atomic E-state index is 8.39. The minimum absolute atomic E-state index is 0.384. The van der Waals surface area contributed by atoms with Crippen LogP contribution in [-0.4, -0.2) is 11.7 Å². The molecule has 0 saturated heterocycles. The quantitative estimate of drug-likeness (QED) is 0.549. The van der Waals surface area contributed by atoms with Crippen LogP contribution in [0.2, 0.25) is 0 Å². The van der Waals surface area contributed by atoms with Gasteiger partial charge in [0.25, 0.3) is 0 Å². The zero-order valence-electron chi connectivity index (χ0n) is 4.72. The van der Waals surface area contributed by atoms with Gasteiger partial charge in [-0.25, -0.2) is 0 Å². The highest BCUT2D eigenvalue weighted by Crippen LogP contribution is 2.39. The van der Waals surface area contributed by atoms with Crippen LogP contribution in [0, 0.1) is 11.8 Å². The minimum atomic E-state index is 0.384. The topological polar surface area (TPSA) is 20.2 Å². The number of hydrogen-bond acceptors (Lipinski definition) is 1. The molecule has 1 aliphatic carbocycles. The lowest BCUT2D eigenvalue weighted by atomic mass is 10.3. The highest BCUT2D eigenvalue weighted by molar-refractivity contribution is 4.81. The number of hydrogen-bond donors (Lipinski definition) is 1. The maximum Gasteiger partial charge on any atom is 0.0433 e. The van der Waals surface area contributed by atoms with Gasteiger partial charge in [-0.2, -0.15) is 0 Å². The number of aliphatic hydroxyl groups is 1. The third-order valence-corrected chi connectivity index (χ3v) is 1.78. The molecular weight excluding hydrogens is 88.1 g/mol. The van der Waals surface area contributed by atoms with Crippen molar-refractivity contribution >= 4 is 0 Å². The molecule has 1 fully saturated rings. The summed E-state index contributed by atoms with van der Waals surface area (Å²) in [6, 6.07) is 0. The predicted octanol–water partition coefficient (Wildman–Crippen LogP) is 1.02. The molecule has 1 heteroatoms. The molecule has 1 N–H and O–H groups in total. The van der Waals surface area contributed by atoms with Crippen molar-refractivity contribution in [1.29, 1.82) is 0 Å². The molecule has 1 nitrogen and oxygen atoms in total. The van der Waals surface area contributed by atoms with Gasteiger partial charge >= 0.3 is 0 Å². The lowest BCUT2D eigenvalue weighted by molar-refractivity contribution is 0.277. The van der Waals surface area contributed by atoms with Crippen LogP contribution >= 0.6 is 0 Å². The molecule has 2 unspecified atom stereocenters. The molecule has 0 heterocycles. The first-order valence-electron chi connectivity index (χ1n) is 2.95. The van der Waals surface area contributed by atoms with E-state index in [-0.39, 0.29) is 0 Å². The summed E-state index contributed by atoms with van der Waals surface area (Å²) in [5.74, 6) is 1.78. The van der Waals surface area contributed by atoms with Crippen LogP contribution in [-0.2, 0) is 0 Å². The largest absolute Gasteiger partial charge is 0.396 e. The second kappa shape index (κ2) is 1.83. The zero-order chi connectivity index (χ0) is 5.28.